The van der Waals surface area contributed by atoms with E-state index < -0.39 is 0 Å². The van der Waals surface area contributed by atoms with Gasteiger partial charge < -0.3 is 15.4 Å². The van der Waals surface area contributed by atoms with Crippen LogP contribution in [0.2, 0.25) is 0 Å². The average Bonchev–Trinajstić information content (AvgIpc) is 2.58. The first-order valence-electron chi connectivity index (χ1n) is 8.37. The number of carbonyl (C=O) groups excluding carboxylic acids is 2. The van der Waals surface area contributed by atoms with Gasteiger partial charge in [0.25, 0.3) is 5.91 Å². The Kier molecular flexibility index (Phi) is 6.57. The maximum Gasteiger partial charge on any atom is 0.262 e. The third-order valence-corrected chi connectivity index (χ3v) is 3.78. The molecule has 132 valence electrons. The van der Waals surface area contributed by atoms with E-state index in [1.165, 1.54) is 5.56 Å². The molecule has 0 aromatic heterocycles. The van der Waals surface area contributed by atoms with Gasteiger partial charge in [-0.25, -0.2) is 0 Å². The van der Waals surface area contributed by atoms with Crippen molar-refractivity contribution in [2.75, 3.05) is 17.2 Å². The standard InChI is InChI=1S/C20H24N2O3/c1-4-5-19(23)21-16-7-9-17(10-8-16)22-20(24)13-25-18-11-6-14(2)15(3)12-18/h6-12H,4-5,13H2,1-3H3,(H,21,23)(H,22,24). The van der Waals surface area contributed by atoms with Crippen molar-refractivity contribution in [2.24, 2.45) is 0 Å². The summed E-state index contributed by atoms with van der Waals surface area (Å²) in [4.78, 5) is 23.5. The second-order valence-corrected chi connectivity index (χ2v) is 5.96. The molecule has 5 heteroatoms. The molecule has 0 saturated heterocycles. The second-order valence-electron chi connectivity index (χ2n) is 5.96. The van der Waals surface area contributed by atoms with Gasteiger partial charge in [0.05, 0.1) is 0 Å². The van der Waals surface area contributed by atoms with Gasteiger partial charge in [0, 0.05) is 17.8 Å². The predicted octanol–water partition coefficient (Wildman–Crippen LogP) is 4.06. The highest BCUT2D eigenvalue weighted by Gasteiger charge is 2.06. The summed E-state index contributed by atoms with van der Waals surface area (Å²) in [6.07, 6.45) is 1.30. The van der Waals surface area contributed by atoms with Crippen LogP contribution in [0, 0.1) is 13.8 Å². The lowest BCUT2D eigenvalue weighted by molar-refractivity contribution is -0.118. The van der Waals surface area contributed by atoms with Gasteiger partial charge in [-0.15, -0.1) is 0 Å². The van der Waals surface area contributed by atoms with Gasteiger partial charge in [0.15, 0.2) is 6.61 Å². The minimum Gasteiger partial charge on any atom is -0.484 e. The van der Waals surface area contributed by atoms with E-state index in [-0.39, 0.29) is 18.4 Å². The van der Waals surface area contributed by atoms with Crippen LogP contribution < -0.4 is 15.4 Å². The van der Waals surface area contributed by atoms with Gasteiger partial charge >= 0.3 is 0 Å². The van der Waals surface area contributed by atoms with E-state index in [2.05, 4.69) is 10.6 Å². The molecule has 0 fully saturated rings. The number of hydrogen-bond donors (Lipinski definition) is 2. The highest BCUT2D eigenvalue weighted by Crippen LogP contribution is 2.17. The summed E-state index contributed by atoms with van der Waals surface area (Å²) in [5.41, 5.74) is 3.67. The zero-order valence-electron chi connectivity index (χ0n) is 14.9. The molecule has 0 aliphatic carbocycles. The van der Waals surface area contributed by atoms with Crippen LogP contribution in [0.25, 0.3) is 0 Å². The third-order valence-electron chi connectivity index (χ3n) is 3.78. The maximum atomic E-state index is 12.0. The van der Waals surface area contributed by atoms with Crippen LogP contribution in [0.4, 0.5) is 11.4 Å². The second kappa shape index (κ2) is 8.87. The lowest BCUT2D eigenvalue weighted by atomic mass is 10.1. The van der Waals surface area contributed by atoms with E-state index in [0.717, 1.165) is 12.0 Å². The van der Waals surface area contributed by atoms with Crippen molar-refractivity contribution in [2.45, 2.75) is 33.6 Å². The minimum atomic E-state index is -0.235. The van der Waals surface area contributed by atoms with E-state index in [9.17, 15) is 9.59 Å². The SMILES string of the molecule is CCCC(=O)Nc1ccc(NC(=O)COc2ccc(C)c(C)c2)cc1. The minimum absolute atomic E-state index is 0.0129. The number of amides is 2. The summed E-state index contributed by atoms with van der Waals surface area (Å²) < 4.78 is 5.51. The zero-order chi connectivity index (χ0) is 18.2. The number of hydrogen-bond acceptors (Lipinski definition) is 3. The molecule has 5 nitrogen and oxygen atoms in total. The Labute approximate surface area is 148 Å². The molecule has 25 heavy (non-hydrogen) atoms. The van der Waals surface area contributed by atoms with Gasteiger partial charge in [-0.3, -0.25) is 9.59 Å². The molecular formula is C20H24N2O3. The lowest BCUT2D eigenvalue weighted by Gasteiger charge is -2.10. The normalized spacial score (nSPS) is 10.2. The number of aryl methyl sites for hydroxylation is 2. The van der Waals surface area contributed by atoms with Crippen molar-refractivity contribution >= 4 is 23.2 Å². The van der Waals surface area contributed by atoms with E-state index in [1.807, 2.05) is 39.0 Å². The summed E-state index contributed by atoms with van der Waals surface area (Å²) in [7, 11) is 0. The van der Waals surface area contributed by atoms with Gasteiger partial charge in [-0.2, -0.15) is 0 Å². The number of anilines is 2. The third kappa shape index (κ3) is 5.95. The fraction of sp³-hybridized carbons (Fsp3) is 0.300. The van der Waals surface area contributed by atoms with Crippen LogP contribution in [0.15, 0.2) is 42.5 Å². The van der Waals surface area contributed by atoms with E-state index >= 15 is 0 Å². The monoisotopic (exact) mass is 340 g/mol. The average molecular weight is 340 g/mol. The molecule has 0 atom stereocenters. The fourth-order valence-corrected chi connectivity index (χ4v) is 2.24. The summed E-state index contributed by atoms with van der Waals surface area (Å²) in [6, 6.07) is 12.7. The maximum absolute atomic E-state index is 12.0. The Hall–Kier alpha value is -2.82. The molecule has 0 heterocycles. The Morgan fingerprint density at radius 2 is 1.48 bits per heavy atom. The van der Waals surface area contributed by atoms with Gasteiger partial charge in [-0.1, -0.05) is 13.0 Å². The van der Waals surface area contributed by atoms with Crippen LogP contribution in [-0.4, -0.2) is 18.4 Å². The molecule has 0 bridgehead atoms. The Balaban J connectivity index is 1.83. The Morgan fingerprint density at radius 1 is 0.880 bits per heavy atom. The number of rotatable bonds is 7. The first kappa shape index (κ1) is 18.5. The van der Waals surface area contributed by atoms with E-state index in [0.29, 0.717) is 23.5 Å². The van der Waals surface area contributed by atoms with Gasteiger partial charge in [0.1, 0.15) is 5.75 Å². The van der Waals surface area contributed by atoms with Gasteiger partial charge in [-0.05, 0) is 67.8 Å². The topological polar surface area (TPSA) is 67.4 Å². The molecule has 2 aromatic rings. The molecule has 0 radical (unpaired) electrons. The van der Waals surface area contributed by atoms with Crippen LogP contribution in [0.3, 0.4) is 0 Å². The Bertz CT molecular complexity index is 739. The summed E-state index contributed by atoms with van der Waals surface area (Å²) in [5.74, 6) is 0.425. The highest BCUT2D eigenvalue weighted by atomic mass is 16.5. The summed E-state index contributed by atoms with van der Waals surface area (Å²) in [6.45, 7) is 5.93. The number of carbonyl (C=O) groups is 2. The summed E-state index contributed by atoms with van der Waals surface area (Å²) >= 11 is 0. The molecule has 0 aliphatic rings. The molecule has 0 aliphatic heterocycles. The molecule has 2 aromatic carbocycles. The van der Waals surface area contributed by atoms with Crippen LogP contribution >= 0.6 is 0 Å². The molecule has 2 N–H and O–H groups in total. The van der Waals surface area contributed by atoms with Crippen LogP contribution in [0.1, 0.15) is 30.9 Å². The first-order valence-corrected chi connectivity index (χ1v) is 8.37. The molecule has 2 rings (SSSR count). The van der Waals surface area contributed by atoms with Crippen molar-refractivity contribution in [3.05, 3.63) is 53.6 Å². The van der Waals surface area contributed by atoms with Gasteiger partial charge in [0.2, 0.25) is 5.91 Å². The number of benzene rings is 2. The van der Waals surface area contributed by atoms with E-state index in [4.69, 9.17) is 4.74 Å². The Morgan fingerprint density at radius 3 is 2.04 bits per heavy atom. The largest absolute Gasteiger partial charge is 0.484 e. The zero-order valence-corrected chi connectivity index (χ0v) is 14.9. The lowest BCUT2D eigenvalue weighted by Crippen LogP contribution is -2.20. The van der Waals surface area contributed by atoms with Crippen molar-refractivity contribution in [3.63, 3.8) is 0 Å². The number of ether oxygens (including phenoxy) is 1. The molecule has 0 unspecified atom stereocenters. The van der Waals surface area contributed by atoms with Crippen molar-refractivity contribution in [1.82, 2.24) is 0 Å². The molecule has 2 amide bonds. The van der Waals surface area contributed by atoms with Crippen LogP contribution in [-0.2, 0) is 9.59 Å². The van der Waals surface area contributed by atoms with Crippen molar-refractivity contribution in [1.29, 1.82) is 0 Å². The highest BCUT2D eigenvalue weighted by molar-refractivity contribution is 5.93. The smallest absolute Gasteiger partial charge is 0.262 e. The van der Waals surface area contributed by atoms with E-state index in [1.54, 1.807) is 24.3 Å². The summed E-state index contributed by atoms with van der Waals surface area (Å²) in [5, 5.41) is 5.57. The van der Waals surface area contributed by atoms with Crippen LogP contribution in [0.5, 0.6) is 5.75 Å². The predicted molar refractivity (Wildman–Crippen MR) is 100 cm³/mol. The fourth-order valence-electron chi connectivity index (χ4n) is 2.24. The molecule has 0 saturated carbocycles. The molecular weight excluding hydrogens is 316 g/mol. The molecule has 0 spiro atoms. The van der Waals surface area contributed by atoms with Crippen molar-refractivity contribution in [3.8, 4) is 5.75 Å². The quantitative estimate of drug-likeness (QED) is 0.799. The first-order chi connectivity index (χ1) is 12.0. The number of nitrogens with one attached hydrogen (secondary N) is 2. The van der Waals surface area contributed by atoms with Crippen molar-refractivity contribution < 1.29 is 14.3 Å².